The first-order valence-corrected chi connectivity index (χ1v) is 10.9. The fourth-order valence-electron chi connectivity index (χ4n) is 3.92. The molecule has 1 N–H and O–H groups in total. The second kappa shape index (κ2) is 9.23. The number of hydrogen-bond acceptors (Lipinski definition) is 6. The highest BCUT2D eigenvalue weighted by molar-refractivity contribution is 6.31. The number of carbonyl (C=O) groups excluding carboxylic acids is 1. The molecule has 0 radical (unpaired) electrons. The summed E-state index contributed by atoms with van der Waals surface area (Å²) in [6.45, 7) is 0.101. The molecule has 4 aromatic rings. The number of methoxy groups -OCH3 is 1. The summed E-state index contributed by atoms with van der Waals surface area (Å²) in [7, 11) is 1.30. The molecule has 0 fully saturated rings. The molecular weight excluding hydrogens is 474 g/mol. The Morgan fingerprint density at radius 3 is 2.57 bits per heavy atom. The van der Waals surface area contributed by atoms with Crippen LogP contribution in [0.1, 0.15) is 27.0 Å². The summed E-state index contributed by atoms with van der Waals surface area (Å²) >= 11 is 6.26. The maximum atomic E-state index is 14.7. The topological polar surface area (TPSA) is 76.5 Å². The van der Waals surface area contributed by atoms with Gasteiger partial charge < -0.3 is 10.1 Å². The highest BCUT2D eigenvalue weighted by Gasteiger charge is 2.25. The molecule has 9 heteroatoms. The SMILES string of the molecule is COC(=O)c1ccccc1Nc1ncc2c(n1)-c1ccc(Cl)cc1C(c1c(F)cccc1F)=NC2. The van der Waals surface area contributed by atoms with Gasteiger partial charge >= 0.3 is 5.97 Å². The molecule has 0 aliphatic carbocycles. The minimum absolute atomic E-state index is 0.101. The zero-order valence-corrected chi connectivity index (χ0v) is 19.1. The number of ether oxygens (including phenoxy) is 1. The van der Waals surface area contributed by atoms with Gasteiger partial charge in [0.1, 0.15) is 11.6 Å². The molecule has 35 heavy (non-hydrogen) atoms. The molecule has 0 unspecified atom stereocenters. The van der Waals surface area contributed by atoms with E-state index in [4.69, 9.17) is 16.3 Å². The van der Waals surface area contributed by atoms with Crippen LogP contribution in [0.3, 0.4) is 0 Å². The molecule has 1 aliphatic rings. The van der Waals surface area contributed by atoms with E-state index in [1.807, 2.05) is 0 Å². The van der Waals surface area contributed by atoms with Crippen molar-refractivity contribution in [3.05, 3.63) is 106 Å². The smallest absolute Gasteiger partial charge is 0.339 e. The molecule has 0 saturated heterocycles. The standard InChI is InChI=1S/C26H17ClF2N4O2/c1-35-25(34)17-5-2-3-8-21(17)32-26-31-13-14-12-30-24(22-19(28)6-4-7-20(22)29)18-11-15(27)9-10-16(18)23(14)33-26/h2-11,13H,12H2,1H3,(H,31,32,33). The number of nitrogens with zero attached hydrogens (tertiary/aromatic N) is 3. The predicted octanol–water partition coefficient (Wildman–Crippen LogP) is 5.96. The van der Waals surface area contributed by atoms with E-state index in [0.29, 0.717) is 38.7 Å². The Labute approximate surface area is 204 Å². The van der Waals surface area contributed by atoms with E-state index in [1.54, 1.807) is 48.7 Å². The number of para-hydroxylation sites is 1. The molecular formula is C26H17ClF2N4O2. The number of fused-ring (bicyclic) bond motifs is 3. The van der Waals surface area contributed by atoms with Crippen LogP contribution in [0.25, 0.3) is 11.3 Å². The number of aromatic nitrogens is 2. The third-order valence-electron chi connectivity index (χ3n) is 5.54. The number of hydrogen-bond donors (Lipinski definition) is 1. The fraction of sp³-hybridized carbons (Fsp3) is 0.0769. The number of aliphatic imine (C=N–C) groups is 1. The molecule has 6 nitrogen and oxygen atoms in total. The molecule has 0 amide bonds. The van der Waals surface area contributed by atoms with Gasteiger partial charge in [-0.15, -0.1) is 0 Å². The first-order chi connectivity index (χ1) is 17.0. The maximum Gasteiger partial charge on any atom is 0.339 e. The van der Waals surface area contributed by atoms with E-state index in [2.05, 4.69) is 20.3 Å². The number of benzene rings is 3. The third kappa shape index (κ3) is 4.24. The van der Waals surface area contributed by atoms with Gasteiger partial charge in [-0.25, -0.2) is 23.5 Å². The first kappa shape index (κ1) is 22.6. The minimum atomic E-state index is -0.728. The van der Waals surface area contributed by atoms with Crippen molar-refractivity contribution in [3.8, 4) is 11.3 Å². The third-order valence-corrected chi connectivity index (χ3v) is 5.78. The largest absolute Gasteiger partial charge is 0.465 e. The monoisotopic (exact) mass is 490 g/mol. The van der Waals surface area contributed by atoms with Gasteiger partial charge in [-0.05, 0) is 36.4 Å². The van der Waals surface area contributed by atoms with Crippen molar-refractivity contribution >= 4 is 34.9 Å². The van der Waals surface area contributed by atoms with Crippen LogP contribution in [0, 0.1) is 11.6 Å². The van der Waals surface area contributed by atoms with Gasteiger partial charge in [0, 0.05) is 27.9 Å². The van der Waals surface area contributed by atoms with Crippen molar-refractivity contribution in [2.75, 3.05) is 12.4 Å². The maximum absolute atomic E-state index is 14.7. The highest BCUT2D eigenvalue weighted by Crippen LogP contribution is 2.35. The summed E-state index contributed by atoms with van der Waals surface area (Å²) in [5.74, 6) is -1.74. The highest BCUT2D eigenvalue weighted by atomic mass is 35.5. The second-order valence-electron chi connectivity index (χ2n) is 7.68. The van der Waals surface area contributed by atoms with Crippen LogP contribution in [0.2, 0.25) is 5.02 Å². The predicted molar refractivity (Wildman–Crippen MR) is 129 cm³/mol. The second-order valence-corrected chi connectivity index (χ2v) is 8.12. The lowest BCUT2D eigenvalue weighted by Gasteiger charge is -2.14. The Morgan fingerprint density at radius 2 is 1.80 bits per heavy atom. The number of rotatable bonds is 4. The van der Waals surface area contributed by atoms with Gasteiger partial charge in [0.15, 0.2) is 0 Å². The van der Waals surface area contributed by atoms with Crippen LogP contribution in [0.4, 0.5) is 20.4 Å². The molecule has 1 aromatic heterocycles. The van der Waals surface area contributed by atoms with Crippen LogP contribution in [0.15, 0.2) is 71.9 Å². The van der Waals surface area contributed by atoms with Crippen LogP contribution in [-0.4, -0.2) is 28.8 Å². The van der Waals surface area contributed by atoms with Gasteiger partial charge in [0.05, 0.1) is 41.9 Å². The average Bonchev–Trinajstić information content (AvgIpc) is 3.00. The number of anilines is 2. The van der Waals surface area contributed by atoms with E-state index < -0.39 is 17.6 Å². The molecule has 3 aromatic carbocycles. The summed E-state index contributed by atoms with van der Waals surface area (Å²) in [6, 6.07) is 15.5. The Bertz CT molecular complexity index is 1490. The van der Waals surface area contributed by atoms with E-state index >= 15 is 0 Å². The molecule has 1 aliphatic heterocycles. The number of nitrogens with one attached hydrogen (secondary N) is 1. The van der Waals surface area contributed by atoms with Gasteiger partial charge in [-0.3, -0.25) is 4.99 Å². The van der Waals surface area contributed by atoms with E-state index in [0.717, 1.165) is 0 Å². The fourth-order valence-corrected chi connectivity index (χ4v) is 4.09. The summed E-state index contributed by atoms with van der Waals surface area (Å²) in [5, 5.41) is 3.44. The quantitative estimate of drug-likeness (QED) is 0.357. The van der Waals surface area contributed by atoms with Gasteiger partial charge in [-0.2, -0.15) is 0 Å². The molecule has 0 atom stereocenters. The van der Waals surface area contributed by atoms with Crippen molar-refractivity contribution in [2.24, 2.45) is 4.99 Å². The van der Waals surface area contributed by atoms with E-state index in [9.17, 15) is 13.6 Å². The van der Waals surface area contributed by atoms with Crippen LogP contribution in [-0.2, 0) is 11.3 Å². The average molecular weight is 491 g/mol. The number of halogens is 3. The van der Waals surface area contributed by atoms with Crippen molar-refractivity contribution in [1.29, 1.82) is 0 Å². The van der Waals surface area contributed by atoms with Gasteiger partial charge in [-0.1, -0.05) is 35.9 Å². The van der Waals surface area contributed by atoms with Gasteiger partial charge in [0.25, 0.3) is 0 Å². The number of esters is 1. The molecule has 5 rings (SSSR count). The Morgan fingerprint density at radius 1 is 1.03 bits per heavy atom. The van der Waals surface area contributed by atoms with Crippen molar-refractivity contribution in [2.45, 2.75) is 6.54 Å². The Kier molecular flexibility index (Phi) is 5.96. The van der Waals surface area contributed by atoms with Crippen molar-refractivity contribution in [3.63, 3.8) is 0 Å². The summed E-state index contributed by atoms with van der Waals surface area (Å²) in [4.78, 5) is 25.7. The molecule has 2 heterocycles. The van der Waals surface area contributed by atoms with Crippen molar-refractivity contribution in [1.82, 2.24) is 9.97 Å². The molecule has 0 spiro atoms. The van der Waals surface area contributed by atoms with Crippen molar-refractivity contribution < 1.29 is 18.3 Å². The Hall–Kier alpha value is -4.17. The van der Waals surface area contributed by atoms with E-state index in [-0.39, 0.29) is 23.8 Å². The van der Waals surface area contributed by atoms with Crippen LogP contribution < -0.4 is 5.32 Å². The summed E-state index contributed by atoms with van der Waals surface area (Å²) in [5.41, 5.74) is 2.92. The lowest BCUT2D eigenvalue weighted by Crippen LogP contribution is -2.10. The van der Waals surface area contributed by atoms with Gasteiger partial charge in [0.2, 0.25) is 5.95 Å². The molecule has 174 valence electrons. The molecule has 0 saturated carbocycles. The minimum Gasteiger partial charge on any atom is -0.465 e. The molecule has 0 bridgehead atoms. The Balaban J connectivity index is 1.63. The lowest BCUT2D eigenvalue weighted by molar-refractivity contribution is 0.0602. The first-order valence-electron chi connectivity index (χ1n) is 10.6. The summed E-state index contributed by atoms with van der Waals surface area (Å²) in [6.07, 6.45) is 1.59. The normalized spacial score (nSPS) is 12.2. The van der Waals surface area contributed by atoms with Crippen LogP contribution >= 0.6 is 11.6 Å². The van der Waals surface area contributed by atoms with Crippen LogP contribution in [0.5, 0.6) is 0 Å². The number of carbonyl (C=O) groups is 1. The van der Waals surface area contributed by atoms with E-state index in [1.165, 1.54) is 25.3 Å². The zero-order chi connectivity index (χ0) is 24.5. The summed E-state index contributed by atoms with van der Waals surface area (Å²) < 4.78 is 34.2. The lowest BCUT2D eigenvalue weighted by atomic mass is 9.95. The zero-order valence-electron chi connectivity index (χ0n) is 18.3.